The van der Waals surface area contributed by atoms with E-state index in [1.54, 1.807) is 0 Å². The third-order valence-electron chi connectivity index (χ3n) is 5.31. The number of fused-ring (bicyclic) bond motifs is 3. The summed E-state index contributed by atoms with van der Waals surface area (Å²) in [5, 5.41) is 17.6. The molecule has 0 spiro atoms. The molecule has 0 atom stereocenters. The van der Waals surface area contributed by atoms with Crippen molar-refractivity contribution in [2.45, 2.75) is 45.6 Å². The van der Waals surface area contributed by atoms with E-state index >= 15 is 0 Å². The van der Waals surface area contributed by atoms with E-state index in [0.29, 0.717) is 13.2 Å². The van der Waals surface area contributed by atoms with E-state index in [-0.39, 0.29) is 0 Å². The molecule has 5 heteroatoms. The van der Waals surface area contributed by atoms with Crippen molar-refractivity contribution in [1.82, 2.24) is 10.6 Å². The number of nitrogens with one attached hydrogen (secondary N) is 2. The molecule has 2 aromatic rings. The molecule has 5 nitrogen and oxygen atoms in total. The Kier molecular flexibility index (Phi) is 9.00. The Labute approximate surface area is 180 Å². The largest absolute Gasteiger partial charge is 0.494 e. The quantitative estimate of drug-likeness (QED) is 0.404. The lowest BCUT2D eigenvalue weighted by atomic mass is 10.1. The molecule has 1 aliphatic rings. The van der Waals surface area contributed by atoms with Crippen LogP contribution < -0.4 is 20.1 Å². The average molecular weight is 413 g/mol. The fourth-order valence-electron chi connectivity index (χ4n) is 3.75. The minimum Gasteiger partial charge on any atom is -0.494 e. The van der Waals surface area contributed by atoms with Crippen LogP contribution in [0.4, 0.5) is 0 Å². The van der Waals surface area contributed by atoms with Gasteiger partial charge in [-0.25, -0.2) is 0 Å². The first-order valence-corrected chi connectivity index (χ1v) is 11.4. The molecule has 1 aliphatic carbocycles. The van der Waals surface area contributed by atoms with Gasteiger partial charge in [0.1, 0.15) is 17.6 Å². The van der Waals surface area contributed by atoms with E-state index in [2.05, 4.69) is 36.6 Å². The van der Waals surface area contributed by atoms with Gasteiger partial charge in [0.2, 0.25) is 0 Å². The standard InChI is InChI=1S/C25H36N2O3/c1-3-11-26-13-5-15-29-19-7-9-21-22-10-8-20(30-16-6-14-27-12-4-2)18-24(22)25(28)23(21)17-19/h7-10,17-18,25-28H,3-6,11-16H2,1-2H3. The predicted molar refractivity (Wildman–Crippen MR) is 122 cm³/mol. The summed E-state index contributed by atoms with van der Waals surface area (Å²) in [6, 6.07) is 12.0. The van der Waals surface area contributed by atoms with Gasteiger partial charge in [-0.3, -0.25) is 0 Å². The zero-order chi connectivity index (χ0) is 21.2. The summed E-state index contributed by atoms with van der Waals surface area (Å²) in [6.45, 7) is 9.69. The fraction of sp³-hybridized carbons (Fsp3) is 0.520. The zero-order valence-corrected chi connectivity index (χ0v) is 18.4. The highest BCUT2D eigenvalue weighted by Crippen LogP contribution is 2.45. The Balaban J connectivity index is 1.54. The van der Waals surface area contributed by atoms with Gasteiger partial charge in [-0.1, -0.05) is 26.0 Å². The minimum absolute atomic E-state index is 0.639. The topological polar surface area (TPSA) is 62.8 Å². The second-order valence-electron chi connectivity index (χ2n) is 7.80. The van der Waals surface area contributed by atoms with Crippen molar-refractivity contribution in [3.05, 3.63) is 47.5 Å². The van der Waals surface area contributed by atoms with Crippen LogP contribution in [-0.2, 0) is 0 Å². The third kappa shape index (κ3) is 5.97. The van der Waals surface area contributed by atoms with E-state index < -0.39 is 6.10 Å². The smallest absolute Gasteiger partial charge is 0.119 e. The highest BCUT2D eigenvalue weighted by molar-refractivity contribution is 5.79. The zero-order valence-electron chi connectivity index (χ0n) is 18.4. The first kappa shape index (κ1) is 22.6. The van der Waals surface area contributed by atoms with Gasteiger partial charge in [-0.2, -0.15) is 0 Å². The molecule has 3 N–H and O–H groups in total. The molecule has 2 aromatic carbocycles. The summed E-state index contributed by atoms with van der Waals surface area (Å²) in [5.74, 6) is 1.62. The number of hydrogen-bond acceptors (Lipinski definition) is 5. The number of aliphatic hydroxyl groups excluding tert-OH is 1. The molecule has 0 aliphatic heterocycles. The van der Waals surface area contributed by atoms with Gasteiger partial charge in [0.25, 0.3) is 0 Å². The van der Waals surface area contributed by atoms with Crippen LogP contribution in [0.25, 0.3) is 11.1 Å². The molecule has 0 unspecified atom stereocenters. The Morgan fingerprint density at radius 3 is 1.63 bits per heavy atom. The van der Waals surface area contributed by atoms with Crippen LogP contribution in [-0.4, -0.2) is 44.5 Å². The summed E-state index contributed by atoms with van der Waals surface area (Å²) in [4.78, 5) is 0. The van der Waals surface area contributed by atoms with Crippen LogP contribution in [0, 0.1) is 0 Å². The van der Waals surface area contributed by atoms with Crippen molar-refractivity contribution >= 4 is 0 Å². The number of ether oxygens (including phenoxy) is 2. The molecule has 0 bridgehead atoms. The Morgan fingerprint density at radius 1 is 0.733 bits per heavy atom. The molecular formula is C25H36N2O3. The number of aliphatic hydroxyl groups is 1. The molecule has 0 aromatic heterocycles. The van der Waals surface area contributed by atoms with Crippen LogP contribution in [0.5, 0.6) is 11.5 Å². The second kappa shape index (κ2) is 11.9. The van der Waals surface area contributed by atoms with Gasteiger partial charge < -0.3 is 25.2 Å². The first-order chi connectivity index (χ1) is 14.7. The first-order valence-electron chi connectivity index (χ1n) is 11.4. The van der Waals surface area contributed by atoms with Crippen LogP contribution >= 0.6 is 0 Å². The highest BCUT2D eigenvalue weighted by Gasteiger charge is 2.28. The summed E-state index contributed by atoms with van der Waals surface area (Å²) < 4.78 is 11.8. The molecule has 30 heavy (non-hydrogen) atoms. The Hall–Kier alpha value is -2.08. The molecule has 164 valence electrons. The average Bonchev–Trinajstić information content (AvgIpc) is 3.04. The van der Waals surface area contributed by atoms with Crippen molar-refractivity contribution in [2.75, 3.05) is 39.4 Å². The molecule has 0 amide bonds. The lowest BCUT2D eigenvalue weighted by Crippen LogP contribution is -2.18. The van der Waals surface area contributed by atoms with E-state index in [1.807, 2.05) is 24.3 Å². The summed E-state index contributed by atoms with van der Waals surface area (Å²) in [5.41, 5.74) is 3.97. The Morgan fingerprint density at radius 2 is 1.20 bits per heavy atom. The fourth-order valence-corrected chi connectivity index (χ4v) is 3.75. The van der Waals surface area contributed by atoms with Gasteiger partial charge in [-0.15, -0.1) is 0 Å². The number of benzene rings is 2. The van der Waals surface area contributed by atoms with Crippen molar-refractivity contribution in [3.8, 4) is 22.6 Å². The van der Waals surface area contributed by atoms with Crippen LogP contribution in [0.15, 0.2) is 36.4 Å². The summed E-state index contributed by atoms with van der Waals surface area (Å²) in [7, 11) is 0. The van der Waals surface area contributed by atoms with Crippen molar-refractivity contribution in [1.29, 1.82) is 0 Å². The molecule has 3 rings (SSSR count). The van der Waals surface area contributed by atoms with Crippen LogP contribution in [0.1, 0.15) is 56.8 Å². The molecule has 0 radical (unpaired) electrons. The predicted octanol–water partition coefficient (Wildman–Crippen LogP) is 4.29. The third-order valence-corrected chi connectivity index (χ3v) is 5.31. The van der Waals surface area contributed by atoms with Crippen molar-refractivity contribution < 1.29 is 14.6 Å². The maximum Gasteiger partial charge on any atom is 0.119 e. The van der Waals surface area contributed by atoms with Gasteiger partial charge in [0.05, 0.1) is 13.2 Å². The molecular weight excluding hydrogens is 376 g/mol. The molecule has 0 fully saturated rings. The normalized spacial score (nSPS) is 12.6. The lowest BCUT2D eigenvalue weighted by molar-refractivity contribution is 0.223. The van der Waals surface area contributed by atoms with Gasteiger partial charge in [0.15, 0.2) is 0 Å². The van der Waals surface area contributed by atoms with E-state index in [4.69, 9.17) is 9.47 Å². The second-order valence-corrected chi connectivity index (χ2v) is 7.80. The van der Waals surface area contributed by atoms with Crippen LogP contribution in [0.2, 0.25) is 0 Å². The molecule has 0 heterocycles. The maximum atomic E-state index is 10.9. The SMILES string of the molecule is CCCNCCCOc1ccc2c(c1)C(O)c1cc(OCCCNCCC)ccc1-2. The summed E-state index contributed by atoms with van der Waals surface area (Å²) >= 11 is 0. The van der Waals surface area contributed by atoms with E-state index in [0.717, 1.165) is 85.6 Å². The van der Waals surface area contributed by atoms with Crippen molar-refractivity contribution in [2.24, 2.45) is 0 Å². The van der Waals surface area contributed by atoms with E-state index in [9.17, 15) is 5.11 Å². The number of hydrogen-bond donors (Lipinski definition) is 3. The Bertz CT molecular complexity index is 728. The monoisotopic (exact) mass is 412 g/mol. The van der Waals surface area contributed by atoms with Crippen LogP contribution in [0.3, 0.4) is 0 Å². The van der Waals surface area contributed by atoms with Gasteiger partial charge in [-0.05, 0) is 98.4 Å². The molecule has 0 saturated carbocycles. The lowest BCUT2D eigenvalue weighted by Gasteiger charge is -2.11. The number of rotatable bonds is 14. The minimum atomic E-state index is -0.639. The highest BCUT2D eigenvalue weighted by atomic mass is 16.5. The van der Waals surface area contributed by atoms with Crippen molar-refractivity contribution in [3.63, 3.8) is 0 Å². The van der Waals surface area contributed by atoms with E-state index in [1.165, 1.54) is 0 Å². The maximum absolute atomic E-state index is 10.9. The molecule has 0 saturated heterocycles. The van der Waals surface area contributed by atoms with Gasteiger partial charge >= 0.3 is 0 Å². The van der Waals surface area contributed by atoms with Gasteiger partial charge in [0, 0.05) is 0 Å². The summed E-state index contributed by atoms with van der Waals surface area (Å²) in [6.07, 6.45) is 3.59.